The molecule has 9 amide bonds. The molecule has 0 spiro atoms. The minimum absolute atomic E-state index is 0.0918. The van der Waals surface area contributed by atoms with Crippen molar-refractivity contribution in [1.29, 1.82) is 0 Å². The van der Waals surface area contributed by atoms with Crippen molar-refractivity contribution in [2.24, 2.45) is 5.73 Å². The molecule has 4 aliphatic heterocycles. The van der Waals surface area contributed by atoms with Gasteiger partial charge in [0.05, 0.1) is 6.04 Å². The van der Waals surface area contributed by atoms with Crippen molar-refractivity contribution >= 4 is 77.4 Å². The van der Waals surface area contributed by atoms with E-state index in [2.05, 4.69) is 38.1 Å². The van der Waals surface area contributed by atoms with Gasteiger partial charge < -0.3 is 55.9 Å². The van der Waals surface area contributed by atoms with Crippen LogP contribution in [-0.4, -0.2) is 138 Å². The number of unbranched alkanes of at least 4 members (excludes halogenated alkanes) is 3. The van der Waals surface area contributed by atoms with Gasteiger partial charge in [-0.05, 0) is 91.6 Å². The number of fused-ring (bicyclic) bond motifs is 3. The van der Waals surface area contributed by atoms with Crippen LogP contribution >= 0.6 is 7.60 Å². The van der Waals surface area contributed by atoms with Crippen LogP contribution < -0.4 is 27.0 Å². The van der Waals surface area contributed by atoms with Crippen LogP contribution in [0.2, 0.25) is 0 Å². The number of rotatable bonds is 18. The van der Waals surface area contributed by atoms with E-state index in [1.807, 2.05) is 42.5 Å². The summed E-state index contributed by atoms with van der Waals surface area (Å²) in [4.78, 5) is 160. The predicted octanol–water partition coefficient (Wildman–Crippen LogP) is 3.43. The number of primary amides is 1. The number of nitrogens with one attached hydrogen (secondary N) is 5. The van der Waals surface area contributed by atoms with Gasteiger partial charge in [0.15, 0.2) is 0 Å². The molecule has 9 rings (SSSR count). The molecule has 24 heteroatoms. The van der Waals surface area contributed by atoms with Gasteiger partial charge in [-0.1, -0.05) is 85.0 Å². The summed E-state index contributed by atoms with van der Waals surface area (Å²) in [5.41, 5.74) is 7.11. The van der Waals surface area contributed by atoms with Crippen LogP contribution in [0, 0.1) is 11.8 Å². The summed E-state index contributed by atoms with van der Waals surface area (Å²) in [6.07, 6.45) is 2.16. The van der Waals surface area contributed by atoms with Crippen LogP contribution in [-0.2, 0) is 44.6 Å². The van der Waals surface area contributed by atoms with Gasteiger partial charge in [0.1, 0.15) is 36.5 Å². The maximum atomic E-state index is 15.0. The molecule has 5 aromatic rings. The summed E-state index contributed by atoms with van der Waals surface area (Å²) in [5.74, 6) is 1.88. The van der Waals surface area contributed by atoms with E-state index in [4.69, 9.17) is 10.5 Å². The highest BCUT2D eigenvalue weighted by atomic mass is 31.2. The predicted molar refractivity (Wildman–Crippen MR) is 294 cm³/mol. The third kappa shape index (κ3) is 13.3. The van der Waals surface area contributed by atoms with Crippen LogP contribution in [0.3, 0.4) is 0 Å². The van der Waals surface area contributed by atoms with Gasteiger partial charge in [-0.2, -0.15) is 0 Å². The van der Waals surface area contributed by atoms with Crippen LogP contribution in [0.5, 0.6) is 0 Å². The third-order valence-electron chi connectivity index (χ3n) is 15.1. The van der Waals surface area contributed by atoms with Crippen molar-refractivity contribution in [3.8, 4) is 11.8 Å². The number of benzene rings is 4. The van der Waals surface area contributed by atoms with E-state index in [1.165, 1.54) is 39.0 Å². The molecule has 23 nitrogen and oxygen atoms in total. The number of hydrogen-bond acceptors (Lipinski definition) is 12. The molecule has 4 aromatic carbocycles. The van der Waals surface area contributed by atoms with E-state index < -0.39 is 91.6 Å². The molecule has 82 heavy (non-hydrogen) atoms. The van der Waals surface area contributed by atoms with Gasteiger partial charge in [0.2, 0.25) is 35.4 Å². The zero-order valence-corrected chi connectivity index (χ0v) is 45.2. The number of H-pyrrole nitrogens is 1. The standard InChI is InChI=1S/C58H60N9O14P/c59-58(77)81-33-45(52(71)64-50(35-14-7-4-8-15-35)36-16-9-5-10-17-36)62-54(73)47-24-22-39-27-28-65(32-44(56(75)67(39)47)61-51(70)43-30-38-29-37(21-23-42(38)60-43)57(76)82(78,79)80)49(69)20-11-3-1-2-6-13-34-18-12-19-40-41(34)31-66(55(40)74)46-25-26-48(68)63-53(46)72/h4-5,7-10,12,14-19,21,23,29-30,39,44-47,50,60H,1-3,11,20,22,24-28,31-33H2,(H2,59,77)(H,61,70)(H,62,73)(H,64,71)(H,63,68,72)(H2,78,79,80)/t39-,44+,45?,46?,47+/m1/s1. The maximum absolute atomic E-state index is 15.0. The van der Waals surface area contributed by atoms with Crippen molar-refractivity contribution in [2.45, 2.75) is 107 Å². The number of ether oxygens (including phenoxy) is 1. The lowest BCUT2D eigenvalue weighted by Gasteiger charge is -2.39. The molecule has 3 saturated heterocycles. The summed E-state index contributed by atoms with van der Waals surface area (Å²) >= 11 is 0. The van der Waals surface area contributed by atoms with E-state index in [0.29, 0.717) is 54.3 Å². The highest BCUT2D eigenvalue weighted by molar-refractivity contribution is 7.70. The highest BCUT2D eigenvalue weighted by Crippen LogP contribution is 2.40. The first-order chi connectivity index (χ1) is 39.3. The number of piperidine rings is 1. The Balaban J connectivity index is 0.882. The molecule has 5 atom stereocenters. The number of imide groups is 1. The molecule has 426 valence electrons. The van der Waals surface area contributed by atoms with Crippen molar-refractivity contribution in [1.82, 2.24) is 41.0 Å². The third-order valence-corrected chi connectivity index (χ3v) is 15.9. The molecule has 4 aliphatic rings. The summed E-state index contributed by atoms with van der Waals surface area (Å²) in [5, 5.41) is 10.9. The van der Waals surface area contributed by atoms with E-state index in [-0.39, 0.29) is 86.1 Å². The van der Waals surface area contributed by atoms with Gasteiger partial charge in [0, 0.05) is 72.5 Å². The topological polar surface area (TPSA) is 337 Å². The van der Waals surface area contributed by atoms with Gasteiger partial charge in [0.25, 0.3) is 17.3 Å². The largest absolute Gasteiger partial charge is 0.447 e. The second-order valence-electron chi connectivity index (χ2n) is 20.5. The molecule has 0 bridgehead atoms. The Labute approximate surface area is 470 Å². The van der Waals surface area contributed by atoms with Crippen LogP contribution in [0.25, 0.3) is 10.9 Å². The van der Waals surface area contributed by atoms with E-state index >= 15 is 4.79 Å². The monoisotopic (exact) mass is 1140 g/mol. The molecule has 2 unspecified atom stereocenters. The Bertz CT molecular complexity index is 3430. The number of carbonyl (C=O) groups excluding carboxylic acids is 10. The SMILES string of the molecule is NC(=O)OCC(NC(=O)[C@@H]1CC[C@@H]2CCN(C(=O)CCCCCC#Cc3cccc4c3CN(C3CCC(=O)NC3=O)C4=O)C[C@H](NC(=O)c3cc4cc(C(=O)P(=O)(O)O)ccc4[nH]3)C(=O)N21)C(=O)NC(c1ccccc1)c1ccccc1. The molecule has 9 N–H and O–H groups in total. The molecule has 1 aromatic heterocycles. The summed E-state index contributed by atoms with van der Waals surface area (Å²) < 4.78 is 16.8. The molecule has 3 fully saturated rings. The molecule has 5 heterocycles. The molecular formula is C58H60N9O14P. The molecule has 0 aliphatic carbocycles. The highest BCUT2D eigenvalue weighted by Gasteiger charge is 2.47. The Kier molecular flexibility index (Phi) is 17.8. The van der Waals surface area contributed by atoms with Crippen LogP contribution in [0.1, 0.15) is 124 Å². The fourth-order valence-electron chi connectivity index (χ4n) is 11.0. The summed E-state index contributed by atoms with van der Waals surface area (Å²) in [6, 6.07) is 22.3. The first-order valence-electron chi connectivity index (χ1n) is 26.9. The quantitative estimate of drug-likeness (QED) is 0.0270. The minimum Gasteiger partial charge on any atom is -0.447 e. The van der Waals surface area contributed by atoms with Crippen molar-refractivity contribution in [3.05, 3.63) is 142 Å². The Hall–Kier alpha value is -8.97. The van der Waals surface area contributed by atoms with Gasteiger partial charge in [-0.3, -0.25) is 53.0 Å². The van der Waals surface area contributed by atoms with Crippen molar-refractivity contribution in [3.63, 3.8) is 0 Å². The van der Waals surface area contributed by atoms with Gasteiger partial charge in [-0.25, -0.2) is 4.79 Å². The fraction of sp³-hybridized carbons (Fsp3) is 0.345. The van der Waals surface area contributed by atoms with Crippen LogP contribution in [0.15, 0.2) is 103 Å². The van der Waals surface area contributed by atoms with Gasteiger partial charge >= 0.3 is 13.7 Å². The van der Waals surface area contributed by atoms with E-state index in [9.17, 15) is 57.5 Å². The van der Waals surface area contributed by atoms with Crippen molar-refractivity contribution in [2.75, 3.05) is 19.7 Å². The first-order valence-corrected chi connectivity index (χ1v) is 28.5. The molecule has 0 saturated carbocycles. The average Bonchev–Trinajstić information content (AvgIpc) is 4.10. The summed E-state index contributed by atoms with van der Waals surface area (Å²) in [7, 11) is -5.14. The van der Waals surface area contributed by atoms with E-state index in [1.54, 1.807) is 36.4 Å². The normalized spacial score (nSPS) is 19.2. The summed E-state index contributed by atoms with van der Waals surface area (Å²) in [6.45, 7) is -0.613. The maximum Gasteiger partial charge on any atom is 0.404 e. The smallest absolute Gasteiger partial charge is 0.404 e. The number of aromatic amines is 1. The van der Waals surface area contributed by atoms with Crippen molar-refractivity contribution < 1.29 is 67.0 Å². The average molecular weight is 1140 g/mol. The zero-order valence-electron chi connectivity index (χ0n) is 44.3. The van der Waals surface area contributed by atoms with Crippen LogP contribution in [0.4, 0.5) is 4.79 Å². The number of nitrogens with two attached hydrogens (primary N) is 1. The van der Waals surface area contributed by atoms with Gasteiger partial charge in [-0.15, -0.1) is 0 Å². The number of hydrogen-bond donors (Lipinski definition) is 8. The lowest BCUT2D eigenvalue weighted by Crippen LogP contribution is -2.62. The Morgan fingerprint density at radius 1 is 0.829 bits per heavy atom. The number of carbonyl (C=O) groups is 10. The Morgan fingerprint density at radius 3 is 2.26 bits per heavy atom. The number of nitrogens with zero attached hydrogens (tertiary/aromatic N) is 3. The second-order valence-corrected chi connectivity index (χ2v) is 22.0. The zero-order chi connectivity index (χ0) is 58.2. The second kappa shape index (κ2) is 25.2. The number of amides is 9. The Morgan fingerprint density at radius 2 is 1.56 bits per heavy atom. The first kappa shape index (κ1) is 57.7. The van der Waals surface area contributed by atoms with E-state index in [0.717, 1.165) is 11.1 Å². The fourth-order valence-corrected chi connectivity index (χ4v) is 11.4. The lowest BCUT2D eigenvalue weighted by molar-refractivity contribution is -0.146. The number of aromatic nitrogens is 1. The minimum atomic E-state index is -5.14. The lowest BCUT2D eigenvalue weighted by atomic mass is 9.98. The molecular weight excluding hydrogens is 1080 g/mol. The molecule has 0 radical (unpaired) electrons.